The van der Waals surface area contributed by atoms with Gasteiger partial charge in [-0.15, -0.1) is 0 Å². The minimum atomic E-state index is -1.03. The molecule has 0 atom stereocenters. The Balaban J connectivity index is 1.44. The van der Waals surface area contributed by atoms with Crippen molar-refractivity contribution in [3.05, 3.63) is 94.5 Å². The molecule has 0 saturated carbocycles. The Bertz CT molecular complexity index is 1920. The number of anilines is 1. The molecule has 0 radical (unpaired) electrons. The lowest BCUT2D eigenvalue weighted by Crippen LogP contribution is -2.36. The fourth-order valence-electron chi connectivity index (χ4n) is 5.74. The minimum absolute atomic E-state index is 0.0110. The van der Waals surface area contributed by atoms with E-state index in [1.54, 1.807) is 23.1 Å². The smallest absolute Gasteiger partial charge is 0.303 e. The molecule has 0 amide bonds. The summed E-state index contributed by atoms with van der Waals surface area (Å²) in [7, 11) is 0. The number of hydrogen-bond acceptors (Lipinski definition) is 6. The predicted octanol–water partition coefficient (Wildman–Crippen LogP) is 7.14. The van der Waals surface area contributed by atoms with Crippen molar-refractivity contribution in [1.82, 2.24) is 0 Å². The number of allylic oxidation sites excluding steroid dienone is 2. The molecule has 43 heavy (non-hydrogen) atoms. The minimum Gasteiger partial charge on any atom is -0.550 e. The van der Waals surface area contributed by atoms with Gasteiger partial charge in [0, 0.05) is 41.7 Å². The SMILES string of the molecule is CCC(/C=C1\Sc2ccc3ccccc3c2N1CCCC(=O)O)=C\c1sc2ccc3ccccc3c2[n+]1CCCC(=O)[O-]. The Kier molecular flexibility index (Phi) is 8.49. The Morgan fingerprint density at radius 1 is 0.930 bits per heavy atom. The first-order chi connectivity index (χ1) is 20.9. The number of carboxylic acids is 2. The second-order valence-corrected chi connectivity index (χ2v) is 12.8. The third-order valence-corrected chi connectivity index (χ3v) is 9.98. The molecule has 5 aromatic rings. The van der Waals surface area contributed by atoms with Gasteiger partial charge in [-0.3, -0.25) is 4.79 Å². The van der Waals surface area contributed by atoms with Crippen molar-refractivity contribution in [2.45, 2.75) is 50.5 Å². The van der Waals surface area contributed by atoms with Gasteiger partial charge >= 0.3 is 5.97 Å². The van der Waals surface area contributed by atoms with Crippen LogP contribution in [0.25, 0.3) is 37.8 Å². The fraction of sp³-hybridized carbons (Fsp3) is 0.229. The standard InChI is InChI=1S/C35H32N2O4S2/c1-2-23(21-30-36(19-7-13-32(38)39)34-26-11-5-3-9-24(26)15-17-28(34)42-30)22-31-37(20-8-14-33(40)41)35-27-12-6-4-10-25(27)16-18-29(35)43-31/h3-6,9-12,15-18,21-22H,2,7-8,13-14,19-20H2,1H3,(H-,38,39,40,41). The van der Waals surface area contributed by atoms with Gasteiger partial charge in [-0.1, -0.05) is 84.6 Å². The van der Waals surface area contributed by atoms with E-state index in [1.165, 1.54) is 4.90 Å². The Morgan fingerprint density at radius 2 is 1.65 bits per heavy atom. The van der Waals surface area contributed by atoms with Crippen LogP contribution in [-0.4, -0.2) is 23.6 Å². The molecule has 0 fully saturated rings. The molecule has 0 bridgehead atoms. The van der Waals surface area contributed by atoms with Crippen LogP contribution < -0.4 is 14.6 Å². The largest absolute Gasteiger partial charge is 0.550 e. The van der Waals surface area contributed by atoms with Gasteiger partial charge in [0.05, 0.1) is 16.1 Å². The van der Waals surface area contributed by atoms with Gasteiger partial charge in [-0.25, -0.2) is 0 Å². The molecule has 6 nitrogen and oxygen atoms in total. The highest BCUT2D eigenvalue weighted by atomic mass is 32.2. The maximum absolute atomic E-state index is 11.4. The molecule has 0 unspecified atom stereocenters. The molecule has 1 aliphatic rings. The summed E-state index contributed by atoms with van der Waals surface area (Å²) in [5.74, 6) is -1.82. The molecule has 2 heterocycles. The van der Waals surface area contributed by atoms with E-state index < -0.39 is 11.9 Å². The number of aromatic nitrogens is 1. The van der Waals surface area contributed by atoms with Crippen LogP contribution in [0.2, 0.25) is 0 Å². The van der Waals surface area contributed by atoms with Gasteiger partial charge in [0.2, 0.25) is 5.52 Å². The number of carboxylic acid groups (broad SMARTS) is 2. The number of thioether (sulfide) groups is 1. The number of nitrogens with zero attached hydrogens (tertiary/aromatic N) is 2. The van der Waals surface area contributed by atoms with Gasteiger partial charge in [-0.2, -0.15) is 4.57 Å². The van der Waals surface area contributed by atoms with Crippen molar-refractivity contribution < 1.29 is 24.4 Å². The number of carbonyl (C=O) groups excluding carboxylic acids is 1. The highest BCUT2D eigenvalue weighted by Crippen LogP contribution is 2.50. The number of benzene rings is 4. The highest BCUT2D eigenvalue weighted by Gasteiger charge is 2.28. The van der Waals surface area contributed by atoms with Crippen molar-refractivity contribution in [1.29, 1.82) is 0 Å². The maximum atomic E-state index is 11.4. The molecule has 6 rings (SSSR count). The Labute approximate surface area is 258 Å². The molecular formula is C35H32N2O4S2. The molecule has 0 spiro atoms. The van der Waals surface area contributed by atoms with Crippen molar-refractivity contribution in [3.8, 4) is 0 Å². The zero-order chi connectivity index (χ0) is 29.9. The molecule has 0 saturated heterocycles. The van der Waals surface area contributed by atoms with Gasteiger partial charge in [0.1, 0.15) is 4.70 Å². The summed E-state index contributed by atoms with van der Waals surface area (Å²) in [6, 6.07) is 25.2. The summed E-state index contributed by atoms with van der Waals surface area (Å²) in [5.41, 5.74) is 3.41. The van der Waals surface area contributed by atoms with Crippen molar-refractivity contribution in [2.75, 3.05) is 11.4 Å². The first kappa shape index (κ1) is 29.0. The van der Waals surface area contributed by atoms with Crippen LogP contribution in [-0.2, 0) is 16.1 Å². The molecule has 1 aliphatic heterocycles. The van der Waals surface area contributed by atoms with Crippen LogP contribution in [0.5, 0.6) is 0 Å². The Morgan fingerprint density at radius 3 is 2.40 bits per heavy atom. The number of carbonyl (C=O) groups is 2. The summed E-state index contributed by atoms with van der Waals surface area (Å²) in [5, 5.41) is 27.4. The molecule has 1 aromatic heterocycles. The number of aryl methyl sites for hydroxylation is 1. The first-order valence-corrected chi connectivity index (χ1v) is 16.2. The molecule has 0 aliphatic carbocycles. The molecule has 218 valence electrons. The second kappa shape index (κ2) is 12.6. The zero-order valence-corrected chi connectivity index (χ0v) is 25.5. The van der Waals surface area contributed by atoms with Crippen LogP contribution in [0, 0.1) is 0 Å². The summed E-state index contributed by atoms with van der Waals surface area (Å²) >= 11 is 3.44. The average Bonchev–Trinajstić information content (AvgIpc) is 3.54. The third-order valence-electron chi connectivity index (χ3n) is 7.79. The van der Waals surface area contributed by atoms with Crippen LogP contribution >= 0.6 is 23.1 Å². The lowest BCUT2D eigenvalue weighted by atomic mass is 10.1. The number of aliphatic carboxylic acids is 2. The van der Waals surface area contributed by atoms with E-state index in [1.807, 2.05) is 24.3 Å². The van der Waals surface area contributed by atoms with Crippen molar-refractivity contribution in [3.63, 3.8) is 0 Å². The number of fused-ring (bicyclic) bond motifs is 6. The quantitative estimate of drug-likeness (QED) is 0.161. The van der Waals surface area contributed by atoms with Crippen LogP contribution in [0.4, 0.5) is 5.69 Å². The number of rotatable bonds is 11. The topological polar surface area (TPSA) is 84.6 Å². The normalized spacial score (nSPS) is 14.3. The lowest BCUT2D eigenvalue weighted by molar-refractivity contribution is -0.668. The monoisotopic (exact) mass is 608 g/mol. The van der Waals surface area contributed by atoms with E-state index in [-0.39, 0.29) is 12.8 Å². The van der Waals surface area contributed by atoms with Crippen molar-refractivity contribution in [2.24, 2.45) is 0 Å². The first-order valence-electron chi connectivity index (χ1n) is 14.6. The van der Waals surface area contributed by atoms with Crippen molar-refractivity contribution >= 4 is 78.6 Å². The maximum Gasteiger partial charge on any atom is 0.303 e. The molecule has 8 heteroatoms. The van der Waals surface area contributed by atoms with Crippen LogP contribution in [0.15, 0.2) is 94.4 Å². The molecular weight excluding hydrogens is 577 g/mol. The summed E-state index contributed by atoms with van der Waals surface area (Å²) in [6.07, 6.45) is 6.42. The van der Waals surface area contributed by atoms with Gasteiger partial charge in [0.15, 0.2) is 6.54 Å². The summed E-state index contributed by atoms with van der Waals surface area (Å²) in [4.78, 5) is 26.0. The van der Waals surface area contributed by atoms with Crippen LogP contribution in [0.3, 0.4) is 0 Å². The summed E-state index contributed by atoms with van der Waals surface area (Å²) < 4.78 is 3.42. The third kappa shape index (κ3) is 6.03. The van der Waals surface area contributed by atoms with Gasteiger partial charge in [-0.05, 0) is 59.9 Å². The molecule has 1 N–H and O–H groups in total. The van der Waals surface area contributed by atoms with E-state index in [0.29, 0.717) is 25.9 Å². The average molecular weight is 609 g/mol. The second-order valence-electron chi connectivity index (χ2n) is 10.6. The number of hydrogen-bond donors (Lipinski definition) is 1. The zero-order valence-electron chi connectivity index (χ0n) is 23.9. The van der Waals surface area contributed by atoms with E-state index in [0.717, 1.165) is 59.5 Å². The van der Waals surface area contributed by atoms with Gasteiger partial charge in [0.25, 0.3) is 5.01 Å². The molecule has 4 aromatic carbocycles. The van der Waals surface area contributed by atoms with E-state index >= 15 is 0 Å². The number of thiazole rings is 1. The highest BCUT2D eigenvalue weighted by molar-refractivity contribution is 8.03. The van der Waals surface area contributed by atoms with E-state index in [9.17, 15) is 19.8 Å². The Hall–Kier alpha value is -4.14. The van der Waals surface area contributed by atoms with E-state index in [2.05, 4.69) is 77.1 Å². The lowest BCUT2D eigenvalue weighted by Gasteiger charge is -2.22. The van der Waals surface area contributed by atoms with E-state index in [4.69, 9.17) is 0 Å². The predicted molar refractivity (Wildman–Crippen MR) is 174 cm³/mol. The van der Waals surface area contributed by atoms with Gasteiger partial charge < -0.3 is 19.9 Å². The fourth-order valence-corrected chi connectivity index (χ4v) is 8.10. The summed E-state index contributed by atoms with van der Waals surface area (Å²) in [6.45, 7) is 3.33. The van der Waals surface area contributed by atoms with Crippen LogP contribution in [0.1, 0.15) is 44.0 Å².